The van der Waals surface area contributed by atoms with Crippen LogP contribution in [0.4, 0.5) is 11.5 Å². The average molecular weight is 234 g/mol. The van der Waals surface area contributed by atoms with Crippen molar-refractivity contribution in [2.24, 2.45) is 5.92 Å². The van der Waals surface area contributed by atoms with Crippen LogP contribution in [-0.4, -0.2) is 35.6 Å². The Labute approximate surface area is 103 Å². The van der Waals surface area contributed by atoms with Crippen LogP contribution in [-0.2, 0) is 0 Å². The molecule has 0 spiro atoms. The Morgan fingerprint density at radius 3 is 3.06 bits per heavy atom. The molecule has 1 unspecified atom stereocenters. The van der Waals surface area contributed by atoms with Crippen LogP contribution >= 0.6 is 0 Å². The maximum atomic E-state index is 5.72. The number of rotatable bonds is 4. The van der Waals surface area contributed by atoms with Crippen molar-refractivity contribution < 1.29 is 0 Å². The first-order chi connectivity index (χ1) is 8.15. The second-order valence-electron chi connectivity index (χ2n) is 5.10. The zero-order valence-corrected chi connectivity index (χ0v) is 10.7. The Morgan fingerprint density at radius 1 is 1.59 bits per heavy atom. The fourth-order valence-corrected chi connectivity index (χ4v) is 2.29. The molecule has 0 radical (unpaired) electrons. The fraction of sp³-hybridized carbons (Fsp3) is 0.615. The van der Waals surface area contributed by atoms with Gasteiger partial charge in [-0.2, -0.15) is 0 Å². The van der Waals surface area contributed by atoms with Crippen LogP contribution in [0.15, 0.2) is 18.3 Å². The Balaban J connectivity index is 1.80. The maximum absolute atomic E-state index is 5.72. The van der Waals surface area contributed by atoms with Gasteiger partial charge in [-0.1, -0.05) is 0 Å². The highest BCUT2D eigenvalue weighted by molar-refractivity contribution is 5.48. The molecule has 17 heavy (non-hydrogen) atoms. The van der Waals surface area contributed by atoms with Gasteiger partial charge in [-0.3, -0.25) is 0 Å². The lowest BCUT2D eigenvalue weighted by Crippen LogP contribution is -2.29. The summed E-state index contributed by atoms with van der Waals surface area (Å²) in [5.74, 6) is 1.61. The summed E-state index contributed by atoms with van der Waals surface area (Å²) in [7, 11) is 0. The summed E-state index contributed by atoms with van der Waals surface area (Å²) in [5.41, 5.74) is 6.48. The minimum Gasteiger partial charge on any atom is -0.399 e. The van der Waals surface area contributed by atoms with E-state index in [0.29, 0.717) is 6.04 Å². The molecule has 1 fully saturated rings. The molecule has 0 aromatic carbocycles. The molecule has 1 aliphatic rings. The zero-order chi connectivity index (χ0) is 12.3. The Morgan fingerprint density at radius 2 is 2.41 bits per heavy atom. The van der Waals surface area contributed by atoms with Gasteiger partial charge < -0.3 is 16.0 Å². The molecule has 1 aliphatic heterocycles. The van der Waals surface area contributed by atoms with Crippen molar-refractivity contribution >= 4 is 11.5 Å². The van der Waals surface area contributed by atoms with Gasteiger partial charge in [0.15, 0.2) is 0 Å². The molecule has 1 atom stereocenters. The Kier molecular flexibility index (Phi) is 3.84. The number of likely N-dealkylation sites (tertiary alicyclic amines) is 1. The van der Waals surface area contributed by atoms with Crippen LogP contribution in [0, 0.1) is 5.92 Å². The van der Waals surface area contributed by atoms with Crippen molar-refractivity contribution in [1.29, 1.82) is 0 Å². The second-order valence-corrected chi connectivity index (χ2v) is 5.10. The molecule has 1 aromatic heterocycles. The summed E-state index contributed by atoms with van der Waals surface area (Å²) in [6, 6.07) is 4.35. The van der Waals surface area contributed by atoms with Crippen molar-refractivity contribution in [1.82, 2.24) is 9.88 Å². The van der Waals surface area contributed by atoms with Crippen LogP contribution in [0.3, 0.4) is 0 Å². The summed E-state index contributed by atoms with van der Waals surface area (Å²) in [4.78, 5) is 6.78. The number of anilines is 2. The third-order valence-corrected chi connectivity index (χ3v) is 3.40. The summed E-state index contributed by atoms with van der Waals surface area (Å²) in [5, 5.41) is 3.37. The quantitative estimate of drug-likeness (QED) is 0.834. The van der Waals surface area contributed by atoms with Crippen LogP contribution in [0.25, 0.3) is 0 Å². The first-order valence-electron chi connectivity index (χ1n) is 6.34. The summed E-state index contributed by atoms with van der Waals surface area (Å²) < 4.78 is 0. The predicted molar refractivity (Wildman–Crippen MR) is 72.0 cm³/mol. The van der Waals surface area contributed by atoms with E-state index in [1.165, 1.54) is 19.5 Å². The van der Waals surface area contributed by atoms with Crippen molar-refractivity contribution in [2.75, 3.05) is 30.7 Å². The lowest BCUT2D eigenvalue weighted by Gasteiger charge is -2.20. The standard InChI is InChI=1S/C13H22N4/c1-10(2)17-6-4-11(9-17)8-16-13-7-12(14)3-5-15-13/h3,5,7,10-11H,4,6,8-9H2,1-2H3,(H3,14,15,16). The van der Waals surface area contributed by atoms with Crippen LogP contribution in [0.1, 0.15) is 20.3 Å². The molecule has 2 rings (SSSR count). The maximum Gasteiger partial charge on any atom is 0.127 e. The number of hydrogen-bond donors (Lipinski definition) is 2. The van der Waals surface area contributed by atoms with E-state index in [9.17, 15) is 0 Å². The summed E-state index contributed by atoms with van der Waals surface area (Å²) in [6.07, 6.45) is 3.01. The van der Waals surface area contributed by atoms with Crippen LogP contribution in [0.5, 0.6) is 0 Å². The van der Waals surface area contributed by atoms with Crippen molar-refractivity contribution in [3.8, 4) is 0 Å². The van der Waals surface area contributed by atoms with Crippen LogP contribution < -0.4 is 11.1 Å². The van der Waals surface area contributed by atoms with Gasteiger partial charge in [0, 0.05) is 37.1 Å². The van der Waals surface area contributed by atoms with E-state index in [1.807, 2.05) is 6.07 Å². The van der Waals surface area contributed by atoms with Gasteiger partial charge in [-0.05, 0) is 38.8 Å². The highest BCUT2D eigenvalue weighted by Crippen LogP contribution is 2.19. The average Bonchev–Trinajstić information content (AvgIpc) is 2.75. The van der Waals surface area contributed by atoms with E-state index >= 15 is 0 Å². The number of nitrogens with one attached hydrogen (secondary N) is 1. The molecule has 4 heteroatoms. The lowest BCUT2D eigenvalue weighted by molar-refractivity contribution is 0.266. The molecule has 0 saturated carbocycles. The molecular weight excluding hydrogens is 212 g/mol. The van der Waals surface area contributed by atoms with E-state index in [-0.39, 0.29) is 0 Å². The Bertz CT molecular complexity index is 364. The highest BCUT2D eigenvalue weighted by atomic mass is 15.2. The third kappa shape index (κ3) is 3.33. The number of nitrogen functional groups attached to an aromatic ring is 1. The lowest BCUT2D eigenvalue weighted by atomic mass is 10.1. The molecule has 94 valence electrons. The van der Waals surface area contributed by atoms with Gasteiger partial charge in [0.25, 0.3) is 0 Å². The smallest absolute Gasteiger partial charge is 0.127 e. The van der Waals surface area contributed by atoms with Gasteiger partial charge in [0.1, 0.15) is 5.82 Å². The molecule has 1 saturated heterocycles. The molecule has 4 nitrogen and oxygen atoms in total. The first kappa shape index (κ1) is 12.2. The highest BCUT2D eigenvalue weighted by Gasteiger charge is 2.23. The van der Waals surface area contributed by atoms with Gasteiger partial charge in [0.05, 0.1) is 0 Å². The number of hydrogen-bond acceptors (Lipinski definition) is 4. The normalized spacial score (nSPS) is 21.0. The van der Waals surface area contributed by atoms with Crippen molar-refractivity contribution in [3.05, 3.63) is 18.3 Å². The second kappa shape index (κ2) is 5.36. The largest absolute Gasteiger partial charge is 0.399 e. The van der Waals surface area contributed by atoms with Gasteiger partial charge in [0.2, 0.25) is 0 Å². The van der Waals surface area contributed by atoms with E-state index < -0.39 is 0 Å². The first-order valence-corrected chi connectivity index (χ1v) is 6.34. The monoisotopic (exact) mass is 234 g/mol. The zero-order valence-electron chi connectivity index (χ0n) is 10.7. The summed E-state index contributed by atoms with van der Waals surface area (Å²) >= 11 is 0. The van der Waals surface area contributed by atoms with E-state index in [2.05, 4.69) is 29.0 Å². The minimum absolute atomic E-state index is 0.658. The summed E-state index contributed by atoms with van der Waals surface area (Å²) in [6.45, 7) is 7.91. The SMILES string of the molecule is CC(C)N1CCC(CNc2cc(N)ccn2)C1. The fourth-order valence-electron chi connectivity index (χ4n) is 2.29. The molecular formula is C13H22N4. The molecule has 0 amide bonds. The predicted octanol–water partition coefficient (Wildman–Crippen LogP) is 1.81. The van der Waals surface area contributed by atoms with Crippen LogP contribution in [0.2, 0.25) is 0 Å². The van der Waals surface area contributed by atoms with Crippen molar-refractivity contribution in [3.63, 3.8) is 0 Å². The minimum atomic E-state index is 0.658. The molecule has 2 heterocycles. The van der Waals surface area contributed by atoms with E-state index in [0.717, 1.165) is 24.0 Å². The number of pyridine rings is 1. The molecule has 0 bridgehead atoms. The van der Waals surface area contributed by atoms with Gasteiger partial charge in [-0.15, -0.1) is 0 Å². The third-order valence-electron chi connectivity index (χ3n) is 3.40. The number of nitrogens with two attached hydrogens (primary N) is 1. The van der Waals surface area contributed by atoms with Crippen molar-refractivity contribution in [2.45, 2.75) is 26.3 Å². The van der Waals surface area contributed by atoms with E-state index in [4.69, 9.17) is 5.73 Å². The molecule has 0 aliphatic carbocycles. The molecule has 3 N–H and O–H groups in total. The number of nitrogens with zero attached hydrogens (tertiary/aromatic N) is 2. The van der Waals surface area contributed by atoms with Gasteiger partial charge in [-0.25, -0.2) is 4.98 Å². The molecule has 1 aromatic rings. The number of aromatic nitrogens is 1. The Hall–Kier alpha value is -1.29. The topological polar surface area (TPSA) is 54.2 Å². The van der Waals surface area contributed by atoms with E-state index in [1.54, 1.807) is 12.3 Å². The van der Waals surface area contributed by atoms with Gasteiger partial charge >= 0.3 is 0 Å².